The molecule has 1 aliphatic rings. The maximum Gasteiger partial charge on any atom is 0.0426 e. The van der Waals surface area contributed by atoms with Gasteiger partial charge in [-0.1, -0.05) is 47.4 Å². The van der Waals surface area contributed by atoms with E-state index in [4.69, 9.17) is 11.6 Å². The molecule has 112 valence electrons. The van der Waals surface area contributed by atoms with Crippen LogP contribution in [0.2, 0.25) is 5.02 Å². The number of benzene rings is 1. The van der Waals surface area contributed by atoms with Gasteiger partial charge in [-0.2, -0.15) is 0 Å². The average molecular weight is 360 g/mol. The van der Waals surface area contributed by atoms with Gasteiger partial charge in [0.15, 0.2) is 0 Å². The molecule has 2 nitrogen and oxygen atoms in total. The smallest absolute Gasteiger partial charge is 0.0426 e. The second-order valence-corrected chi connectivity index (χ2v) is 7.01. The number of hydrogen-bond acceptors (Lipinski definition) is 2. The Morgan fingerprint density at radius 1 is 1.20 bits per heavy atom. The molecule has 0 aliphatic carbocycles. The summed E-state index contributed by atoms with van der Waals surface area (Å²) in [7, 11) is 0. The van der Waals surface area contributed by atoms with Crippen LogP contribution in [-0.4, -0.2) is 43.0 Å². The van der Waals surface area contributed by atoms with Crippen LogP contribution in [0, 0.1) is 11.8 Å². The molecule has 1 aromatic rings. The minimum Gasteiger partial charge on any atom is -0.369 e. The standard InChI is InChI=1S/C16H24BrClN2/c1-13(2)14(11-17)12-19-6-8-20(9-7-19)16-5-3-4-15(18)10-16/h3-5,10,13-14H,6-9,11-12H2,1-2H3. The SMILES string of the molecule is CC(C)C(CBr)CN1CCN(c2cccc(Cl)c2)CC1. The normalized spacial score (nSPS) is 18.6. The Bertz CT molecular complexity index is 417. The number of nitrogens with zero attached hydrogens (tertiary/aromatic N) is 2. The summed E-state index contributed by atoms with van der Waals surface area (Å²) in [6, 6.07) is 8.18. The molecule has 1 saturated heterocycles. The fourth-order valence-corrected chi connectivity index (χ4v) is 3.77. The predicted molar refractivity (Wildman–Crippen MR) is 92.2 cm³/mol. The van der Waals surface area contributed by atoms with Crippen molar-refractivity contribution in [2.45, 2.75) is 13.8 Å². The Morgan fingerprint density at radius 3 is 2.45 bits per heavy atom. The summed E-state index contributed by atoms with van der Waals surface area (Å²) in [4.78, 5) is 5.02. The second kappa shape index (κ2) is 7.67. The van der Waals surface area contributed by atoms with Crippen molar-refractivity contribution in [2.75, 3.05) is 43.0 Å². The first kappa shape index (κ1) is 16.1. The molecule has 1 atom stereocenters. The summed E-state index contributed by atoms with van der Waals surface area (Å²) >= 11 is 9.72. The summed E-state index contributed by atoms with van der Waals surface area (Å²) in [5, 5.41) is 1.92. The van der Waals surface area contributed by atoms with Gasteiger partial charge < -0.3 is 4.90 Å². The van der Waals surface area contributed by atoms with Crippen molar-refractivity contribution in [2.24, 2.45) is 11.8 Å². The van der Waals surface area contributed by atoms with E-state index >= 15 is 0 Å². The third-order valence-corrected chi connectivity index (χ3v) is 5.25. The van der Waals surface area contributed by atoms with Crippen molar-refractivity contribution >= 4 is 33.2 Å². The lowest BCUT2D eigenvalue weighted by molar-refractivity contribution is 0.204. The zero-order valence-electron chi connectivity index (χ0n) is 12.4. The van der Waals surface area contributed by atoms with Gasteiger partial charge in [0.05, 0.1) is 0 Å². The fourth-order valence-electron chi connectivity index (χ4n) is 2.63. The largest absolute Gasteiger partial charge is 0.369 e. The fraction of sp³-hybridized carbons (Fsp3) is 0.625. The summed E-state index contributed by atoms with van der Waals surface area (Å²) in [6.45, 7) is 10.3. The molecule has 0 spiro atoms. The van der Waals surface area contributed by atoms with E-state index in [-0.39, 0.29) is 0 Å². The molecule has 0 aromatic heterocycles. The van der Waals surface area contributed by atoms with Crippen LogP contribution in [0.3, 0.4) is 0 Å². The van der Waals surface area contributed by atoms with Crippen LogP contribution in [0.15, 0.2) is 24.3 Å². The number of alkyl halides is 1. The van der Waals surface area contributed by atoms with E-state index in [2.05, 4.69) is 51.7 Å². The minimum atomic E-state index is 0.736. The third-order valence-electron chi connectivity index (χ3n) is 4.18. The maximum absolute atomic E-state index is 6.07. The van der Waals surface area contributed by atoms with E-state index in [1.807, 2.05) is 12.1 Å². The zero-order chi connectivity index (χ0) is 14.5. The molecule has 1 heterocycles. The summed E-state index contributed by atoms with van der Waals surface area (Å²) in [5.74, 6) is 1.48. The third kappa shape index (κ3) is 4.37. The molecule has 2 rings (SSSR count). The molecule has 4 heteroatoms. The van der Waals surface area contributed by atoms with E-state index < -0.39 is 0 Å². The van der Waals surface area contributed by atoms with Gasteiger partial charge in [-0.25, -0.2) is 0 Å². The number of piperazine rings is 1. The molecule has 1 aromatic carbocycles. The van der Waals surface area contributed by atoms with Crippen molar-refractivity contribution in [1.82, 2.24) is 4.90 Å². The van der Waals surface area contributed by atoms with Crippen LogP contribution in [0.25, 0.3) is 0 Å². The molecule has 0 saturated carbocycles. The highest BCUT2D eigenvalue weighted by atomic mass is 79.9. The Morgan fingerprint density at radius 2 is 1.90 bits per heavy atom. The molecule has 0 amide bonds. The minimum absolute atomic E-state index is 0.736. The van der Waals surface area contributed by atoms with Gasteiger partial charge >= 0.3 is 0 Å². The summed E-state index contributed by atoms with van der Waals surface area (Å²) in [5.41, 5.74) is 1.25. The monoisotopic (exact) mass is 358 g/mol. The summed E-state index contributed by atoms with van der Waals surface area (Å²) in [6.07, 6.45) is 0. The Hall–Kier alpha value is -0.250. The van der Waals surface area contributed by atoms with Crippen molar-refractivity contribution in [3.8, 4) is 0 Å². The highest BCUT2D eigenvalue weighted by molar-refractivity contribution is 9.09. The highest BCUT2D eigenvalue weighted by Gasteiger charge is 2.21. The van der Waals surface area contributed by atoms with Crippen molar-refractivity contribution < 1.29 is 0 Å². The van der Waals surface area contributed by atoms with Crippen LogP contribution in [-0.2, 0) is 0 Å². The van der Waals surface area contributed by atoms with Crippen molar-refractivity contribution in [3.63, 3.8) is 0 Å². The highest BCUT2D eigenvalue weighted by Crippen LogP contribution is 2.22. The molecule has 1 unspecified atom stereocenters. The Labute approximate surface area is 136 Å². The van der Waals surface area contributed by atoms with Gasteiger partial charge in [-0.3, -0.25) is 4.90 Å². The van der Waals surface area contributed by atoms with Crippen molar-refractivity contribution in [3.05, 3.63) is 29.3 Å². The molecular formula is C16H24BrClN2. The number of hydrogen-bond donors (Lipinski definition) is 0. The van der Waals surface area contributed by atoms with E-state index in [0.717, 1.165) is 48.4 Å². The predicted octanol–water partition coefficient (Wildman–Crippen LogP) is 4.13. The lowest BCUT2D eigenvalue weighted by Gasteiger charge is -2.38. The van der Waals surface area contributed by atoms with Gasteiger partial charge in [-0.05, 0) is 30.0 Å². The van der Waals surface area contributed by atoms with E-state index in [0.29, 0.717) is 0 Å². The maximum atomic E-state index is 6.07. The van der Waals surface area contributed by atoms with Crippen molar-refractivity contribution in [1.29, 1.82) is 0 Å². The van der Waals surface area contributed by atoms with Gasteiger partial charge in [0, 0.05) is 48.8 Å². The molecular weight excluding hydrogens is 336 g/mol. The lowest BCUT2D eigenvalue weighted by atomic mass is 9.97. The number of halogens is 2. The first-order chi connectivity index (χ1) is 9.60. The van der Waals surface area contributed by atoms with Gasteiger partial charge in [0.2, 0.25) is 0 Å². The lowest BCUT2D eigenvalue weighted by Crippen LogP contribution is -2.48. The van der Waals surface area contributed by atoms with Crippen LogP contribution >= 0.6 is 27.5 Å². The summed E-state index contributed by atoms with van der Waals surface area (Å²) < 4.78 is 0. The Kier molecular flexibility index (Phi) is 6.19. The van der Waals surface area contributed by atoms with Crippen LogP contribution < -0.4 is 4.90 Å². The van der Waals surface area contributed by atoms with Gasteiger partial charge in [-0.15, -0.1) is 0 Å². The zero-order valence-corrected chi connectivity index (χ0v) is 14.7. The van der Waals surface area contributed by atoms with Crippen LogP contribution in [0.1, 0.15) is 13.8 Å². The van der Waals surface area contributed by atoms with Gasteiger partial charge in [0.1, 0.15) is 0 Å². The van der Waals surface area contributed by atoms with E-state index in [9.17, 15) is 0 Å². The first-order valence-electron chi connectivity index (χ1n) is 7.39. The Balaban J connectivity index is 1.86. The molecule has 0 bridgehead atoms. The molecule has 1 aliphatic heterocycles. The van der Waals surface area contributed by atoms with Crippen LogP contribution in [0.5, 0.6) is 0 Å². The van der Waals surface area contributed by atoms with Gasteiger partial charge in [0.25, 0.3) is 0 Å². The van der Waals surface area contributed by atoms with E-state index in [1.165, 1.54) is 12.2 Å². The number of rotatable bonds is 5. The number of anilines is 1. The molecule has 0 N–H and O–H groups in total. The quantitative estimate of drug-likeness (QED) is 0.729. The average Bonchev–Trinajstić information content (AvgIpc) is 2.45. The molecule has 0 radical (unpaired) electrons. The second-order valence-electron chi connectivity index (χ2n) is 5.93. The topological polar surface area (TPSA) is 6.48 Å². The van der Waals surface area contributed by atoms with Crippen LogP contribution in [0.4, 0.5) is 5.69 Å². The molecule has 1 fully saturated rings. The molecule has 20 heavy (non-hydrogen) atoms. The van der Waals surface area contributed by atoms with E-state index in [1.54, 1.807) is 0 Å². The first-order valence-corrected chi connectivity index (χ1v) is 8.89.